The zero-order chi connectivity index (χ0) is 15.0. The summed E-state index contributed by atoms with van der Waals surface area (Å²) in [6.45, 7) is 2.57. The van der Waals surface area contributed by atoms with E-state index in [4.69, 9.17) is 18.0 Å². The van der Waals surface area contributed by atoms with Crippen LogP contribution in [0, 0.1) is 12.7 Å². The summed E-state index contributed by atoms with van der Waals surface area (Å²) in [5, 5.41) is 0. The highest BCUT2D eigenvalue weighted by atomic mass is 32.1. The maximum Gasteiger partial charge on any atom is 0.123 e. The minimum absolute atomic E-state index is 0.267. The molecule has 2 N–H and O–H groups in total. The van der Waals surface area contributed by atoms with Gasteiger partial charge in [0.05, 0.1) is 5.69 Å². The lowest BCUT2D eigenvalue weighted by Crippen LogP contribution is -2.16. The van der Waals surface area contributed by atoms with Crippen LogP contribution in [0.15, 0.2) is 18.2 Å². The standard InChI is InChI=1S/C16H18FN3S/c1-10-19-14-4-2-3-5-15(14)20(10)9-11-8-12(17)6-7-13(11)16(18)21/h6-8H,2-5,9H2,1H3,(H2,18,21). The minimum atomic E-state index is -0.267. The van der Waals surface area contributed by atoms with Crippen LogP contribution in [0.5, 0.6) is 0 Å². The molecule has 0 amide bonds. The van der Waals surface area contributed by atoms with Gasteiger partial charge in [-0.1, -0.05) is 12.2 Å². The normalized spacial score (nSPS) is 14.0. The fourth-order valence-electron chi connectivity index (χ4n) is 3.05. The molecule has 0 atom stereocenters. The van der Waals surface area contributed by atoms with Crippen LogP contribution in [-0.2, 0) is 19.4 Å². The fourth-order valence-corrected chi connectivity index (χ4v) is 3.25. The molecule has 0 radical (unpaired) electrons. The molecule has 1 aromatic carbocycles. The highest BCUT2D eigenvalue weighted by Gasteiger charge is 2.19. The first-order valence-electron chi connectivity index (χ1n) is 7.19. The Morgan fingerprint density at radius 3 is 2.90 bits per heavy atom. The molecule has 0 saturated heterocycles. The van der Waals surface area contributed by atoms with Gasteiger partial charge in [-0.05, 0) is 56.4 Å². The Morgan fingerprint density at radius 2 is 2.14 bits per heavy atom. The molecule has 2 aromatic rings. The summed E-state index contributed by atoms with van der Waals surface area (Å²) in [6, 6.07) is 4.57. The summed E-state index contributed by atoms with van der Waals surface area (Å²) in [7, 11) is 0. The van der Waals surface area contributed by atoms with Gasteiger partial charge in [-0.2, -0.15) is 0 Å². The van der Waals surface area contributed by atoms with E-state index in [1.807, 2.05) is 6.92 Å². The van der Waals surface area contributed by atoms with Crippen LogP contribution in [0.1, 0.15) is 41.2 Å². The Hall–Kier alpha value is -1.75. The monoisotopic (exact) mass is 303 g/mol. The van der Waals surface area contributed by atoms with E-state index in [1.54, 1.807) is 6.07 Å². The van der Waals surface area contributed by atoms with E-state index < -0.39 is 0 Å². The first-order valence-corrected chi connectivity index (χ1v) is 7.60. The number of aryl methyl sites for hydroxylation is 2. The van der Waals surface area contributed by atoms with E-state index in [-0.39, 0.29) is 5.82 Å². The lowest BCUT2D eigenvalue weighted by molar-refractivity contribution is 0.611. The van der Waals surface area contributed by atoms with Gasteiger partial charge in [0, 0.05) is 17.8 Å². The van der Waals surface area contributed by atoms with Crippen LogP contribution >= 0.6 is 12.2 Å². The Morgan fingerprint density at radius 1 is 1.38 bits per heavy atom. The zero-order valence-corrected chi connectivity index (χ0v) is 12.8. The molecule has 1 aliphatic rings. The topological polar surface area (TPSA) is 43.8 Å². The van der Waals surface area contributed by atoms with Crippen LogP contribution in [0.2, 0.25) is 0 Å². The molecule has 1 heterocycles. The number of nitrogens with two attached hydrogens (primary N) is 1. The van der Waals surface area contributed by atoms with E-state index in [0.717, 1.165) is 29.8 Å². The van der Waals surface area contributed by atoms with Crippen molar-refractivity contribution >= 4 is 17.2 Å². The molecule has 0 spiro atoms. The van der Waals surface area contributed by atoms with Gasteiger partial charge in [-0.3, -0.25) is 0 Å². The van der Waals surface area contributed by atoms with Crippen molar-refractivity contribution in [1.82, 2.24) is 9.55 Å². The van der Waals surface area contributed by atoms with Crippen LogP contribution in [0.4, 0.5) is 4.39 Å². The summed E-state index contributed by atoms with van der Waals surface area (Å²) in [5.41, 5.74) is 9.77. The molecule has 0 unspecified atom stereocenters. The summed E-state index contributed by atoms with van der Waals surface area (Å²) in [4.78, 5) is 4.95. The van der Waals surface area contributed by atoms with Gasteiger partial charge in [0.2, 0.25) is 0 Å². The predicted octanol–water partition coefficient (Wildman–Crippen LogP) is 2.89. The molecule has 0 saturated carbocycles. The molecule has 1 aliphatic carbocycles. The zero-order valence-electron chi connectivity index (χ0n) is 12.0. The molecule has 0 bridgehead atoms. The summed E-state index contributed by atoms with van der Waals surface area (Å²) in [6.07, 6.45) is 4.45. The Kier molecular flexibility index (Phi) is 3.76. The van der Waals surface area contributed by atoms with Crippen molar-refractivity contribution in [3.05, 3.63) is 52.4 Å². The number of fused-ring (bicyclic) bond motifs is 1. The van der Waals surface area contributed by atoms with Crippen LogP contribution in [0.3, 0.4) is 0 Å². The van der Waals surface area contributed by atoms with E-state index in [1.165, 1.54) is 36.4 Å². The summed E-state index contributed by atoms with van der Waals surface area (Å²) in [5.74, 6) is 0.705. The lowest BCUT2D eigenvalue weighted by atomic mass is 10.0. The highest BCUT2D eigenvalue weighted by molar-refractivity contribution is 7.80. The quantitative estimate of drug-likeness (QED) is 0.887. The second-order valence-corrected chi connectivity index (χ2v) is 5.95. The molecule has 1 aromatic heterocycles. The molecule has 3 nitrogen and oxygen atoms in total. The number of aromatic nitrogens is 2. The average Bonchev–Trinajstić information content (AvgIpc) is 2.75. The molecule has 0 aliphatic heterocycles. The van der Waals surface area contributed by atoms with E-state index in [9.17, 15) is 4.39 Å². The van der Waals surface area contributed by atoms with Crippen LogP contribution in [0.25, 0.3) is 0 Å². The first-order chi connectivity index (χ1) is 10.1. The molecular formula is C16H18FN3S. The van der Waals surface area contributed by atoms with E-state index in [0.29, 0.717) is 11.5 Å². The van der Waals surface area contributed by atoms with Gasteiger partial charge in [0.15, 0.2) is 0 Å². The van der Waals surface area contributed by atoms with Crippen molar-refractivity contribution in [2.75, 3.05) is 0 Å². The van der Waals surface area contributed by atoms with E-state index in [2.05, 4.69) is 9.55 Å². The SMILES string of the molecule is Cc1nc2c(n1Cc1cc(F)ccc1C(N)=S)CCCC2. The third-order valence-corrected chi connectivity index (χ3v) is 4.30. The number of hydrogen-bond donors (Lipinski definition) is 1. The fraction of sp³-hybridized carbons (Fsp3) is 0.375. The minimum Gasteiger partial charge on any atom is -0.389 e. The van der Waals surface area contributed by atoms with Crippen LogP contribution < -0.4 is 5.73 Å². The maximum absolute atomic E-state index is 13.6. The predicted molar refractivity (Wildman–Crippen MR) is 85.0 cm³/mol. The van der Waals surface area contributed by atoms with Gasteiger partial charge in [-0.25, -0.2) is 9.37 Å². The summed E-state index contributed by atoms with van der Waals surface area (Å²) < 4.78 is 15.7. The Labute approximate surface area is 129 Å². The highest BCUT2D eigenvalue weighted by Crippen LogP contribution is 2.24. The third-order valence-electron chi connectivity index (χ3n) is 4.08. The largest absolute Gasteiger partial charge is 0.389 e. The van der Waals surface area contributed by atoms with Crippen molar-refractivity contribution < 1.29 is 4.39 Å². The number of nitrogens with zero attached hydrogens (tertiary/aromatic N) is 2. The van der Waals surface area contributed by atoms with Gasteiger partial charge in [-0.15, -0.1) is 0 Å². The number of hydrogen-bond acceptors (Lipinski definition) is 2. The molecule has 21 heavy (non-hydrogen) atoms. The first kappa shape index (κ1) is 14.2. The van der Waals surface area contributed by atoms with Gasteiger partial charge < -0.3 is 10.3 Å². The number of rotatable bonds is 3. The molecule has 0 fully saturated rings. The molecular weight excluding hydrogens is 285 g/mol. The van der Waals surface area contributed by atoms with Crippen molar-refractivity contribution in [3.8, 4) is 0 Å². The molecule has 110 valence electrons. The number of thiocarbonyl (C=S) groups is 1. The lowest BCUT2D eigenvalue weighted by Gasteiger charge is -2.16. The molecule has 3 rings (SSSR count). The number of halogens is 1. The number of imidazole rings is 1. The molecule has 5 heteroatoms. The van der Waals surface area contributed by atoms with Crippen molar-refractivity contribution in [2.45, 2.75) is 39.2 Å². The smallest absolute Gasteiger partial charge is 0.123 e. The average molecular weight is 303 g/mol. The second kappa shape index (κ2) is 5.56. The van der Waals surface area contributed by atoms with Crippen LogP contribution in [-0.4, -0.2) is 14.5 Å². The van der Waals surface area contributed by atoms with Gasteiger partial charge in [0.1, 0.15) is 16.6 Å². The Bertz CT molecular complexity index is 706. The number of benzene rings is 1. The van der Waals surface area contributed by atoms with Gasteiger partial charge in [0.25, 0.3) is 0 Å². The van der Waals surface area contributed by atoms with Gasteiger partial charge >= 0.3 is 0 Å². The third kappa shape index (κ3) is 2.70. The van der Waals surface area contributed by atoms with Crippen molar-refractivity contribution in [3.63, 3.8) is 0 Å². The summed E-state index contributed by atoms with van der Waals surface area (Å²) >= 11 is 5.07. The Balaban J connectivity index is 2.03. The van der Waals surface area contributed by atoms with E-state index >= 15 is 0 Å². The maximum atomic E-state index is 13.6. The van der Waals surface area contributed by atoms with Crippen molar-refractivity contribution in [2.24, 2.45) is 5.73 Å². The second-order valence-electron chi connectivity index (χ2n) is 5.51. The van der Waals surface area contributed by atoms with Crippen molar-refractivity contribution in [1.29, 1.82) is 0 Å².